The van der Waals surface area contributed by atoms with Crippen LogP contribution in [0.2, 0.25) is 0 Å². The van der Waals surface area contributed by atoms with Gasteiger partial charge in [-0.25, -0.2) is 0 Å². The second-order valence-corrected chi connectivity index (χ2v) is 7.28. The topological polar surface area (TPSA) is 65.5 Å². The lowest BCUT2D eigenvalue weighted by Gasteiger charge is -2.39. The molecule has 0 radical (unpaired) electrons. The number of pyridine rings is 1. The van der Waals surface area contributed by atoms with Gasteiger partial charge in [0.1, 0.15) is 5.41 Å². The Hall–Kier alpha value is -2.89. The van der Waals surface area contributed by atoms with Gasteiger partial charge < -0.3 is 15.1 Å². The van der Waals surface area contributed by atoms with Crippen LogP contribution >= 0.6 is 0 Å². The summed E-state index contributed by atoms with van der Waals surface area (Å²) in [5, 5.41) is 2.87. The van der Waals surface area contributed by atoms with E-state index < -0.39 is 5.41 Å². The molecule has 1 N–H and O–H groups in total. The first-order valence-corrected chi connectivity index (χ1v) is 9.25. The van der Waals surface area contributed by atoms with Crippen molar-refractivity contribution in [1.82, 2.24) is 15.2 Å². The number of nitrogens with zero attached hydrogens (tertiary/aromatic N) is 3. The Morgan fingerprint density at radius 1 is 1.00 bits per heavy atom. The molecule has 0 aliphatic carbocycles. The minimum Gasteiger partial charge on any atom is -0.368 e. The fraction of sp³-hybridized carbons (Fsp3) is 0.381. The van der Waals surface area contributed by atoms with Crippen molar-refractivity contribution in [3.63, 3.8) is 0 Å². The maximum absolute atomic E-state index is 13.0. The molecule has 2 heterocycles. The van der Waals surface area contributed by atoms with E-state index in [2.05, 4.69) is 27.3 Å². The zero-order valence-corrected chi connectivity index (χ0v) is 15.9. The quantitative estimate of drug-likeness (QED) is 0.823. The van der Waals surface area contributed by atoms with E-state index in [-0.39, 0.29) is 11.8 Å². The molecule has 2 amide bonds. The molecule has 142 valence electrons. The van der Waals surface area contributed by atoms with E-state index in [4.69, 9.17) is 0 Å². The minimum atomic E-state index is -1.10. The van der Waals surface area contributed by atoms with Crippen LogP contribution in [0.4, 0.5) is 5.69 Å². The summed E-state index contributed by atoms with van der Waals surface area (Å²) in [6.45, 7) is 6.56. The number of carbonyl (C=O) groups excluding carboxylic acids is 2. The highest BCUT2D eigenvalue weighted by molar-refractivity contribution is 6.04. The summed E-state index contributed by atoms with van der Waals surface area (Å²) in [5.74, 6) is -0.378. The van der Waals surface area contributed by atoms with Crippen molar-refractivity contribution in [2.75, 3.05) is 31.1 Å². The van der Waals surface area contributed by atoms with Gasteiger partial charge in [0.2, 0.25) is 11.8 Å². The Labute approximate surface area is 160 Å². The van der Waals surface area contributed by atoms with E-state index in [9.17, 15) is 9.59 Å². The molecule has 1 aromatic heterocycles. The lowest BCUT2D eigenvalue weighted by atomic mass is 9.90. The summed E-state index contributed by atoms with van der Waals surface area (Å²) in [5.41, 5.74) is 1.03. The van der Waals surface area contributed by atoms with Crippen molar-refractivity contribution in [3.8, 4) is 0 Å². The Bertz CT molecular complexity index is 769. The van der Waals surface area contributed by atoms with Gasteiger partial charge in [0, 0.05) is 50.8 Å². The predicted molar refractivity (Wildman–Crippen MR) is 105 cm³/mol. The molecule has 1 fully saturated rings. The highest BCUT2D eigenvalue weighted by atomic mass is 16.2. The van der Waals surface area contributed by atoms with Crippen LogP contribution in [0.5, 0.6) is 0 Å². The summed E-state index contributed by atoms with van der Waals surface area (Å²) in [6.07, 6.45) is 3.37. The van der Waals surface area contributed by atoms with Gasteiger partial charge in [-0.05, 0) is 43.7 Å². The van der Waals surface area contributed by atoms with Crippen LogP contribution < -0.4 is 10.2 Å². The fourth-order valence-corrected chi connectivity index (χ4v) is 3.20. The van der Waals surface area contributed by atoms with Gasteiger partial charge in [-0.3, -0.25) is 14.6 Å². The minimum absolute atomic E-state index is 0.123. The van der Waals surface area contributed by atoms with E-state index in [1.165, 1.54) is 5.69 Å². The smallest absolute Gasteiger partial charge is 0.237 e. The van der Waals surface area contributed by atoms with Gasteiger partial charge in [-0.15, -0.1) is 0 Å². The molecule has 3 rings (SSSR count). The summed E-state index contributed by atoms with van der Waals surface area (Å²) >= 11 is 0. The summed E-state index contributed by atoms with van der Waals surface area (Å²) in [7, 11) is 0. The maximum atomic E-state index is 13.0. The van der Waals surface area contributed by atoms with Crippen molar-refractivity contribution in [2.45, 2.75) is 20.4 Å². The zero-order chi connectivity index (χ0) is 19.3. The number of piperazine rings is 1. The standard InChI is InChI=1S/C21H26N4O2/c1-21(2,19(26)23-16-17-8-10-22-11-9-17)20(27)25-14-12-24(13-15-25)18-6-4-3-5-7-18/h3-11H,12-16H2,1-2H3,(H,23,26). The number of amides is 2. The average molecular weight is 366 g/mol. The first kappa shape index (κ1) is 18.9. The first-order valence-electron chi connectivity index (χ1n) is 9.25. The number of benzene rings is 1. The highest BCUT2D eigenvalue weighted by Crippen LogP contribution is 2.22. The molecular weight excluding hydrogens is 340 g/mol. The number of hydrogen-bond donors (Lipinski definition) is 1. The Kier molecular flexibility index (Phi) is 5.74. The number of anilines is 1. The lowest BCUT2D eigenvalue weighted by Crippen LogP contribution is -2.55. The first-order chi connectivity index (χ1) is 13.0. The summed E-state index contributed by atoms with van der Waals surface area (Å²) in [6, 6.07) is 13.9. The zero-order valence-electron chi connectivity index (χ0n) is 15.9. The van der Waals surface area contributed by atoms with E-state index in [1.54, 1.807) is 31.1 Å². The molecule has 1 aromatic carbocycles. The van der Waals surface area contributed by atoms with Crippen LogP contribution in [0.25, 0.3) is 0 Å². The fourth-order valence-electron chi connectivity index (χ4n) is 3.20. The molecule has 1 saturated heterocycles. The second kappa shape index (κ2) is 8.20. The van der Waals surface area contributed by atoms with Crippen molar-refractivity contribution in [1.29, 1.82) is 0 Å². The maximum Gasteiger partial charge on any atom is 0.237 e. The Morgan fingerprint density at radius 2 is 1.63 bits per heavy atom. The predicted octanol–water partition coefficient (Wildman–Crippen LogP) is 2.07. The molecule has 0 saturated carbocycles. The number of aromatic nitrogens is 1. The van der Waals surface area contributed by atoms with E-state index in [0.29, 0.717) is 19.6 Å². The van der Waals surface area contributed by atoms with E-state index >= 15 is 0 Å². The van der Waals surface area contributed by atoms with Gasteiger partial charge in [0.05, 0.1) is 0 Å². The summed E-state index contributed by atoms with van der Waals surface area (Å²) in [4.78, 5) is 33.6. The average Bonchev–Trinajstić information content (AvgIpc) is 2.73. The molecule has 2 aromatic rings. The van der Waals surface area contributed by atoms with Crippen LogP contribution in [0.3, 0.4) is 0 Å². The molecule has 6 heteroatoms. The molecule has 0 bridgehead atoms. The van der Waals surface area contributed by atoms with Gasteiger partial charge in [0.15, 0.2) is 0 Å². The van der Waals surface area contributed by atoms with Crippen LogP contribution in [0.1, 0.15) is 19.4 Å². The third-order valence-corrected chi connectivity index (χ3v) is 4.99. The highest BCUT2D eigenvalue weighted by Gasteiger charge is 2.39. The Balaban J connectivity index is 1.55. The number of carbonyl (C=O) groups is 2. The third-order valence-electron chi connectivity index (χ3n) is 4.99. The van der Waals surface area contributed by atoms with Crippen molar-refractivity contribution in [3.05, 3.63) is 60.4 Å². The molecule has 0 spiro atoms. The van der Waals surface area contributed by atoms with Gasteiger partial charge in [-0.1, -0.05) is 18.2 Å². The van der Waals surface area contributed by atoms with Crippen LogP contribution in [0, 0.1) is 5.41 Å². The van der Waals surface area contributed by atoms with Crippen LogP contribution in [-0.2, 0) is 16.1 Å². The number of para-hydroxylation sites is 1. The molecule has 27 heavy (non-hydrogen) atoms. The normalized spacial score (nSPS) is 14.7. The second-order valence-electron chi connectivity index (χ2n) is 7.28. The SMILES string of the molecule is CC(C)(C(=O)NCc1ccncc1)C(=O)N1CCN(c2ccccc2)CC1. The molecular formula is C21H26N4O2. The molecule has 0 atom stereocenters. The molecule has 1 aliphatic rings. The molecule has 0 unspecified atom stereocenters. The van der Waals surface area contributed by atoms with Gasteiger partial charge >= 0.3 is 0 Å². The largest absolute Gasteiger partial charge is 0.368 e. The summed E-state index contributed by atoms with van der Waals surface area (Å²) < 4.78 is 0. The van der Waals surface area contributed by atoms with Gasteiger partial charge in [0.25, 0.3) is 0 Å². The number of hydrogen-bond acceptors (Lipinski definition) is 4. The monoisotopic (exact) mass is 366 g/mol. The van der Waals surface area contributed by atoms with E-state index in [1.807, 2.05) is 30.3 Å². The lowest BCUT2D eigenvalue weighted by molar-refractivity contribution is -0.148. The van der Waals surface area contributed by atoms with Crippen molar-refractivity contribution >= 4 is 17.5 Å². The van der Waals surface area contributed by atoms with Crippen LogP contribution in [0.15, 0.2) is 54.9 Å². The molecule has 1 aliphatic heterocycles. The van der Waals surface area contributed by atoms with Gasteiger partial charge in [-0.2, -0.15) is 0 Å². The molecule has 6 nitrogen and oxygen atoms in total. The Morgan fingerprint density at radius 3 is 2.26 bits per heavy atom. The number of rotatable bonds is 5. The number of nitrogens with one attached hydrogen (secondary N) is 1. The van der Waals surface area contributed by atoms with E-state index in [0.717, 1.165) is 18.7 Å². The van der Waals surface area contributed by atoms with Crippen LogP contribution in [-0.4, -0.2) is 47.9 Å². The van der Waals surface area contributed by atoms with Crippen molar-refractivity contribution < 1.29 is 9.59 Å². The van der Waals surface area contributed by atoms with Crippen molar-refractivity contribution in [2.24, 2.45) is 5.41 Å². The third kappa shape index (κ3) is 4.45.